The van der Waals surface area contributed by atoms with Crippen molar-refractivity contribution in [1.29, 1.82) is 0 Å². The number of nitrogens with zero attached hydrogens (tertiary/aromatic N) is 2. The number of rotatable bonds is 3. The third-order valence-electron chi connectivity index (χ3n) is 5.70. The van der Waals surface area contributed by atoms with Crippen LogP contribution in [0.25, 0.3) is 0 Å². The van der Waals surface area contributed by atoms with Crippen molar-refractivity contribution in [2.45, 2.75) is 62.6 Å². The van der Waals surface area contributed by atoms with Crippen LogP contribution in [0.3, 0.4) is 0 Å². The molecule has 0 spiro atoms. The van der Waals surface area contributed by atoms with Crippen LogP contribution in [-0.2, 0) is 14.8 Å². The predicted molar refractivity (Wildman–Crippen MR) is 88.8 cm³/mol. The van der Waals surface area contributed by atoms with Gasteiger partial charge in [0.05, 0.1) is 11.9 Å². The summed E-state index contributed by atoms with van der Waals surface area (Å²) in [5.74, 6) is 0. The maximum absolute atomic E-state index is 12.2. The Kier molecular flexibility index (Phi) is 5.33. The lowest BCUT2D eigenvalue weighted by molar-refractivity contribution is -0.0925. The van der Waals surface area contributed by atoms with Gasteiger partial charge in [0, 0.05) is 51.2 Å². The van der Waals surface area contributed by atoms with Crippen LogP contribution < -0.4 is 0 Å². The minimum absolute atomic E-state index is 0.0738. The number of β-amino-alcohol motifs (C(OH)–C–C–N with tert-alkyl or cyclic N) is 1. The van der Waals surface area contributed by atoms with E-state index in [0.29, 0.717) is 39.1 Å². The van der Waals surface area contributed by atoms with Crippen LogP contribution in [0.5, 0.6) is 0 Å². The van der Waals surface area contributed by atoms with Gasteiger partial charge in [0.25, 0.3) is 0 Å². The lowest BCUT2D eigenvalue weighted by atomic mass is 9.88. The Hall–Kier alpha value is -0.210. The highest BCUT2D eigenvalue weighted by atomic mass is 32.2. The van der Waals surface area contributed by atoms with E-state index in [1.165, 1.54) is 6.26 Å². The highest BCUT2D eigenvalue weighted by Gasteiger charge is 2.42. The van der Waals surface area contributed by atoms with Crippen molar-refractivity contribution in [2.75, 3.05) is 39.1 Å². The molecule has 1 N–H and O–H groups in total. The Morgan fingerprint density at radius 2 is 1.78 bits per heavy atom. The first kappa shape index (κ1) is 17.6. The van der Waals surface area contributed by atoms with E-state index in [1.54, 1.807) is 4.31 Å². The molecule has 23 heavy (non-hydrogen) atoms. The van der Waals surface area contributed by atoms with Gasteiger partial charge in [0.15, 0.2) is 0 Å². The number of aliphatic hydroxyl groups is 1. The number of ether oxygens (including phenoxy) is 1. The van der Waals surface area contributed by atoms with Gasteiger partial charge in [-0.15, -0.1) is 0 Å². The molecule has 3 heterocycles. The molecule has 3 fully saturated rings. The van der Waals surface area contributed by atoms with Crippen LogP contribution in [0.4, 0.5) is 0 Å². The molecule has 7 heteroatoms. The van der Waals surface area contributed by atoms with Crippen LogP contribution in [0.15, 0.2) is 0 Å². The van der Waals surface area contributed by atoms with E-state index < -0.39 is 15.6 Å². The SMILES string of the molecule is CS(=O)(=O)N1CCCC[C@@H]2[C@H]1CCCN2CC1(O)CCOCC1. The van der Waals surface area contributed by atoms with Crippen LogP contribution in [0.2, 0.25) is 0 Å². The fourth-order valence-electron chi connectivity index (χ4n) is 4.50. The molecule has 6 nitrogen and oxygen atoms in total. The largest absolute Gasteiger partial charge is 0.388 e. The molecule has 0 saturated carbocycles. The number of piperidine rings is 1. The van der Waals surface area contributed by atoms with Crippen molar-refractivity contribution >= 4 is 10.0 Å². The van der Waals surface area contributed by atoms with E-state index in [-0.39, 0.29) is 12.1 Å². The minimum Gasteiger partial charge on any atom is -0.388 e. The Morgan fingerprint density at radius 1 is 1.09 bits per heavy atom. The molecule has 0 aromatic heterocycles. The normalized spacial score (nSPS) is 33.8. The van der Waals surface area contributed by atoms with E-state index in [9.17, 15) is 13.5 Å². The number of likely N-dealkylation sites (tertiary alicyclic amines) is 1. The summed E-state index contributed by atoms with van der Waals surface area (Å²) < 4.78 is 31.5. The molecule has 2 atom stereocenters. The Morgan fingerprint density at radius 3 is 2.48 bits per heavy atom. The topological polar surface area (TPSA) is 70.1 Å². The molecular weight excluding hydrogens is 316 g/mol. The lowest BCUT2D eigenvalue weighted by Crippen LogP contribution is -2.59. The molecule has 0 aliphatic carbocycles. The van der Waals surface area contributed by atoms with Crippen molar-refractivity contribution in [3.8, 4) is 0 Å². The average Bonchev–Trinajstić information content (AvgIpc) is 2.70. The van der Waals surface area contributed by atoms with Gasteiger partial charge >= 0.3 is 0 Å². The van der Waals surface area contributed by atoms with Crippen LogP contribution in [0, 0.1) is 0 Å². The summed E-state index contributed by atoms with van der Waals surface area (Å²) in [6.07, 6.45) is 7.66. The van der Waals surface area contributed by atoms with Crippen molar-refractivity contribution in [3.05, 3.63) is 0 Å². The highest BCUT2D eigenvalue weighted by Crippen LogP contribution is 2.33. The van der Waals surface area contributed by atoms with Gasteiger partial charge in [-0.05, 0) is 32.2 Å². The number of hydrogen-bond acceptors (Lipinski definition) is 5. The van der Waals surface area contributed by atoms with Gasteiger partial charge in [-0.25, -0.2) is 8.42 Å². The van der Waals surface area contributed by atoms with Crippen molar-refractivity contribution in [1.82, 2.24) is 9.21 Å². The van der Waals surface area contributed by atoms with Gasteiger partial charge in [0.1, 0.15) is 0 Å². The standard InChI is InChI=1S/C16H30N2O4S/c1-23(20,21)18-10-3-2-5-14-15(18)6-4-9-17(14)13-16(19)7-11-22-12-8-16/h14-15,19H,2-13H2,1H3/t14-,15-/m1/s1. The van der Waals surface area contributed by atoms with E-state index in [2.05, 4.69) is 4.90 Å². The predicted octanol–water partition coefficient (Wildman–Crippen LogP) is 0.806. The number of hydrogen-bond donors (Lipinski definition) is 1. The summed E-state index contributed by atoms with van der Waals surface area (Å²) in [7, 11) is -3.17. The molecule has 0 bridgehead atoms. The Bertz CT molecular complexity index is 504. The van der Waals surface area contributed by atoms with Crippen molar-refractivity contribution in [2.24, 2.45) is 0 Å². The maximum atomic E-state index is 12.2. The first-order valence-electron chi connectivity index (χ1n) is 8.90. The summed E-state index contributed by atoms with van der Waals surface area (Å²) in [6, 6.07) is 0.317. The third-order valence-corrected chi connectivity index (χ3v) is 7.01. The zero-order chi connectivity index (χ0) is 16.5. The molecule has 3 rings (SSSR count). The van der Waals surface area contributed by atoms with Crippen LogP contribution in [-0.4, -0.2) is 79.5 Å². The maximum Gasteiger partial charge on any atom is 0.211 e. The molecule has 3 aliphatic rings. The van der Waals surface area contributed by atoms with E-state index in [1.807, 2.05) is 0 Å². The summed E-state index contributed by atoms with van der Waals surface area (Å²) in [4.78, 5) is 2.36. The first-order valence-corrected chi connectivity index (χ1v) is 10.7. The van der Waals surface area contributed by atoms with Crippen molar-refractivity contribution < 1.29 is 18.3 Å². The Labute approximate surface area is 139 Å². The van der Waals surface area contributed by atoms with E-state index in [4.69, 9.17) is 4.74 Å². The fraction of sp³-hybridized carbons (Fsp3) is 1.00. The summed E-state index contributed by atoms with van der Waals surface area (Å²) in [5.41, 5.74) is -0.678. The van der Waals surface area contributed by atoms with Crippen LogP contribution >= 0.6 is 0 Å². The smallest absolute Gasteiger partial charge is 0.211 e. The molecule has 0 unspecified atom stereocenters. The Balaban J connectivity index is 1.77. The number of fused-ring (bicyclic) bond motifs is 1. The van der Waals surface area contributed by atoms with Gasteiger partial charge < -0.3 is 9.84 Å². The molecular formula is C16H30N2O4S. The summed E-state index contributed by atoms with van der Waals surface area (Å²) >= 11 is 0. The molecule has 0 aromatic rings. The monoisotopic (exact) mass is 346 g/mol. The van der Waals surface area contributed by atoms with Crippen molar-refractivity contribution in [3.63, 3.8) is 0 Å². The van der Waals surface area contributed by atoms with Gasteiger partial charge in [-0.2, -0.15) is 4.31 Å². The lowest BCUT2D eigenvalue weighted by Gasteiger charge is -2.47. The van der Waals surface area contributed by atoms with Gasteiger partial charge in [-0.3, -0.25) is 4.90 Å². The van der Waals surface area contributed by atoms with E-state index in [0.717, 1.165) is 38.6 Å². The summed E-state index contributed by atoms with van der Waals surface area (Å²) in [5, 5.41) is 10.9. The minimum atomic E-state index is -3.17. The molecule has 0 amide bonds. The second-order valence-electron chi connectivity index (χ2n) is 7.45. The zero-order valence-corrected chi connectivity index (χ0v) is 14.9. The molecule has 134 valence electrons. The van der Waals surface area contributed by atoms with Crippen LogP contribution in [0.1, 0.15) is 44.9 Å². The quantitative estimate of drug-likeness (QED) is 0.819. The molecule has 3 saturated heterocycles. The first-order chi connectivity index (χ1) is 10.9. The van der Waals surface area contributed by atoms with Gasteiger partial charge in [-0.1, -0.05) is 6.42 Å². The molecule has 0 radical (unpaired) electrons. The average molecular weight is 346 g/mol. The second-order valence-corrected chi connectivity index (χ2v) is 9.39. The van der Waals surface area contributed by atoms with Gasteiger partial charge in [0.2, 0.25) is 10.0 Å². The molecule has 0 aromatic carbocycles. The highest BCUT2D eigenvalue weighted by molar-refractivity contribution is 7.88. The second kappa shape index (κ2) is 6.96. The summed E-state index contributed by atoms with van der Waals surface area (Å²) in [6.45, 7) is 3.49. The molecule has 3 aliphatic heterocycles. The third kappa shape index (κ3) is 4.07. The van der Waals surface area contributed by atoms with E-state index >= 15 is 0 Å². The fourth-order valence-corrected chi connectivity index (χ4v) is 5.70. The number of sulfonamides is 1. The zero-order valence-electron chi connectivity index (χ0n) is 14.1.